The Kier molecular flexibility index (Phi) is 2.24. The number of carboxylic acids is 1. The normalized spacial score (nSPS) is 30.5. The molecule has 2 unspecified atom stereocenters. The SMILES string of the molecule is CC1(C2CC2)NC(=O)c2ccccc2C1C(=O)O. The first-order chi connectivity index (χ1) is 8.54. The lowest BCUT2D eigenvalue weighted by Crippen LogP contribution is -2.57. The summed E-state index contributed by atoms with van der Waals surface area (Å²) in [7, 11) is 0. The molecule has 1 saturated carbocycles. The summed E-state index contributed by atoms with van der Waals surface area (Å²) in [6, 6.07) is 7.00. The van der Waals surface area contributed by atoms with E-state index in [2.05, 4.69) is 5.32 Å². The summed E-state index contributed by atoms with van der Waals surface area (Å²) in [6.45, 7) is 1.86. The van der Waals surface area contributed by atoms with Gasteiger partial charge in [0.1, 0.15) is 5.92 Å². The number of amides is 1. The Labute approximate surface area is 105 Å². The van der Waals surface area contributed by atoms with Gasteiger partial charge in [-0.2, -0.15) is 0 Å². The molecule has 1 heterocycles. The van der Waals surface area contributed by atoms with E-state index in [-0.39, 0.29) is 11.8 Å². The van der Waals surface area contributed by atoms with Crippen molar-refractivity contribution in [3.8, 4) is 0 Å². The van der Waals surface area contributed by atoms with Crippen LogP contribution in [0.5, 0.6) is 0 Å². The second-order valence-electron chi connectivity index (χ2n) is 5.37. The van der Waals surface area contributed by atoms with E-state index in [9.17, 15) is 14.7 Å². The Balaban J connectivity index is 2.17. The molecule has 4 heteroatoms. The summed E-state index contributed by atoms with van der Waals surface area (Å²) < 4.78 is 0. The van der Waals surface area contributed by atoms with Crippen molar-refractivity contribution in [2.24, 2.45) is 5.92 Å². The molecule has 0 aromatic heterocycles. The third-order valence-electron chi connectivity index (χ3n) is 4.17. The first-order valence-electron chi connectivity index (χ1n) is 6.18. The van der Waals surface area contributed by atoms with Crippen LogP contribution in [0.1, 0.15) is 41.6 Å². The predicted octanol–water partition coefficient (Wildman–Crippen LogP) is 1.77. The molecule has 4 nitrogen and oxygen atoms in total. The summed E-state index contributed by atoms with van der Waals surface area (Å²) >= 11 is 0. The van der Waals surface area contributed by atoms with Crippen molar-refractivity contribution in [2.75, 3.05) is 0 Å². The van der Waals surface area contributed by atoms with Crippen LogP contribution in [0.3, 0.4) is 0 Å². The molecule has 1 aromatic rings. The van der Waals surface area contributed by atoms with Crippen molar-refractivity contribution >= 4 is 11.9 Å². The van der Waals surface area contributed by atoms with Gasteiger partial charge < -0.3 is 10.4 Å². The van der Waals surface area contributed by atoms with Crippen molar-refractivity contribution in [1.82, 2.24) is 5.32 Å². The molecule has 1 fully saturated rings. The molecule has 0 bridgehead atoms. The second kappa shape index (κ2) is 3.57. The van der Waals surface area contributed by atoms with Gasteiger partial charge in [0.05, 0.1) is 5.54 Å². The van der Waals surface area contributed by atoms with Crippen molar-refractivity contribution in [2.45, 2.75) is 31.2 Å². The molecule has 2 N–H and O–H groups in total. The number of carbonyl (C=O) groups is 2. The number of carboxylic acid groups (broad SMARTS) is 1. The second-order valence-corrected chi connectivity index (χ2v) is 5.37. The van der Waals surface area contributed by atoms with Crippen LogP contribution < -0.4 is 5.32 Å². The van der Waals surface area contributed by atoms with Crippen molar-refractivity contribution in [1.29, 1.82) is 0 Å². The van der Waals surface area contributed by atoms with E-state index in [1.54, 1.807) is 24.3 Å². The number of aliphatic carboxylic acids is 1. The Morgan fingerprint density at radius 3 is 2.67 bits per heavy atom. The van der Waals surface area contributed by atoms with Crippen molar-refractivity contribution < 1.29 is 14.7 Å². The van der Waals surface area contributed by atoms with Crippen LogP contribution in [0.2, 0.25) is 0 Å². The Bertz CT molecular complexity index is 536. The van der Waals surface area contributed by atoms with E-state index >= 15 is 0 Å². The average molecular weight is 245 g/mol. The van der Waals surface area contributed by atoms with E-state index in [0.717, 1.165) is 12.8 Å². The molecule has 0 radical (unpaired) electrons. The van der Waals surface area contributed by atoms with Crippen molar-refractivity contribution in [3.05, 3.63) is 35.4 Å². The van der Waals surface area contributed by atoms with Crippen LogP contribution >= 0.6 is 0 Å². The molecule has 1 aliphatic carbocycles. The van der Waals surface area contributed by atoms with Gasteiger partial charge in [-0.25, -0.2) is 0 Å². The van der Waals surface area contributed by atoms with Crippen LogP contribution in [0, 0.1) is 5.92 Å². The zero-order valence-corrected chi connectivity index (χ0v) is 10.1. The Morgan fingerprint density at radius 1 is 1.39 bits per heavy atom. The van der Waals surface area contributed by atoms with Gasteiger partial charge in [0, 0.05) is 5.56 Å². The van der Waals surface area contributed by atoms with Gasteiger partial charge >= 0.3 is 5.97 Å². The summed E-state index contributed by atoms with van der Waals surface area (Å²) in [5, 5.41) is 12.5. The van der Waals surface area contributed by atoms with Crippen LogP contribution in [0.15, 0.2) is 24.3 Å². The molecule has 1 amide bonds. The minimum absolute atomic E-state index is 0.155. The number of nitrogens with one attached hydrogen (secondary N) is 1. The number of carbonyl (C=O) groups excluding carboxylic acids is 1. The molecule has 0 saturated heterocycles. The lowest BCUT2D eigenvalue weighted by molar-refractivity contribution is -0.141. The van der Waals surface area contributed by atoms with E-state index in [1.165, 1.54) is 0 Å². The predicted molar refractivity (Wildman–Crippen MR) is 65.4 cm³/mol. The van der Waals surface area contributed by atoms with Crippen LogP contribution in [0.4, 0.5) is 0 Å². The highest BCUT2D eigenvalue weighted by Crippen LogP contribution is 2.49. The fraction of sp³-hybridized carbons (Fsp3) is 0.429. The highest BCUT2D eigenvalue weighted by atomic mass is 16.4. The molecule has 2 aliphatic rings. The average Bonchev–Trinajstić information content (AvgIpc) is 3.12. The molecular weight excluding hydrogens is 230 g/mol. The van der Waals surface area contributed by atoms with E-state index in [0.29, 0.717) is 11.1 Å². The quantitative estimate of drug-likeness (QED) is 0.834. The van der Waals surface area contributed by atoms with E-state index < -0.39 is 17.4 Å². The smallest absolute Gasteiger partial charge is 0.313 e. The van der Waals surface area contributed by atoms with Gasteiger partial charge in [-0.3, -0.25) is 9.59 Å². The third-order valence-corrected chi connectivity index (χ3v) is 4.17. The maximum atomic E-state index is 12.1. The van der Waals surface area contributed by atoms with Gasteiger partial charge in [-0.15, -0.1) is 0 Å². The zero-order valence-electron chi connectivity index (χ0n) is 10.1. The summed E-state index contributed by atoms with van der Waals surface area (Å²) in [6.07, 6.45) is 1.98. The maximum Gasteiger partial charge on any atom is 0.313 e. The highest BCUT2D eigenvalue weighted by molar-refractivity contribution is 6.00. The van der Waals surface area contributed by atoms with Crippen LogP contribution in [0.25, 0.3) is 0 Å². The number of hydrogen-bond acceptors (Lipinski definition) is 2. The lowest BCUT2D eigenvalue weighted by Gasteiger charge is -2.41. The van der Waals surface area contributed by atoms with Crippen LogP contribution in [-0.4, -0.2) is 22.5 Å². The number of rotatable bonds is 2. The lowest BCUT2D eigenvalue weighted by atomic mass is 9.72. The van der Waals surface area contributed by atoms with Gasteiger partial charge in [-0.05, 0) is 37.3 Å². The first-order valence-corrected chi connectivity index (χ1v) is 6.18. The van der Waals surface area contributed by atoms with Gasteiger partial charge in [0.25, 0.3) is 5.91 Å². The van der Waals surface area contributed by atoms with Crippen molar-refractivity contribution in [3.63, 3.8) is 0 Å². The molecule has 94 valence electrons. The van der Waals surface area contributed by atoms with Gasteiger partial charge in [-0.1, -0.05) is 18.2 Å². The molecule has 1 aliphatic heterocycles. The van der Waals surface area contributed by atoms with Gasteiger partial charge in [0.15, 0.2) is 0 Å². The zero-order chi connectivity index (χ0) is 12.9. The fourth-order valence-electron chi connectivity index (χ4n) is 3.07. The molecule has 2 atom stereocenters. The van der Waals surface area contributed by atoms with Gasteiger partial charge in [0.2, 0.25) is 0 Å². The Hall–Kier alpha value is -1.84. The van der Waals surface area contributed by atoms with E-state index in [4.69, 9.17) is 0 Å². The third kappa shape index (κ3) is 1.45. The standard InChI is InChI=1S/C14H15NO3/c1-14(8-6-7-8)11(13(17)18)9-4-2-3-5-10(9)12(16)15-14/h2-5,8,11H,6-7H2,1H3,(H,15,16)(H,17,18). The Morgan fingerprint density at radius 2 is 2.06 bits per heavy atom. The molecule has 1 aromatic carbocycles. The fourth-order valence-corrected chi connectivity index (χ4v) is 3.07. The summed E-state index contributed by atoms with van der Waals surface area (Å²) in [5.41, 5.74) is 0.475. The molecule has 18 heavy (non-hydrogen) atoms. The highest BCUT2D eigenvalue weighted by Gasteiger charge is 2.54. The van der Waals surface area contributed by atoms with Crippen LogP contribution in [-0.2, 0) is 4.79 Å². The largest absolute Gasteiger partial charge is 0.481 e. The number of hydrogen-bond donors (Lipinski definition) is 2. The molecule has 0 spiro atoms. The number of fused-ring (bicyclic) bond motifs is 1. The minimum Gasteiger partial charge on any atom is -0.481 e. The topological polar surface area (TPSA) is 66.4 Å². The first kappa shape index (κ1) is 11.3. The summed E-state index contributed by atoms with van der Waals surface area (Å²) in [4.78, 5) is 23.7. The summed E-state index contributed by atoms with van der Waals surface area (Å²) in [5.74, 6) is -1.40. The monoisotopic (exact) mass is 245 g/mol. The maximum absolute atomic E-state index is 12.1. The minimum atomic E-state index is -0.864. The molecular formula is C14H15NO3. The molecule has 3 rings (SSSR count). The number of benzene rings is 1. The van der Waals surface area contributed by atoms with E-state index in [1.807, 2.05) is 6.92 Å².